The molecule has 1 aliphatic rings. The van der Waals surface area contributed by atoms with E-state index in [4.69, 9.17) is 4.74 Å². The van der Waals surface area contributed by atoms with E-state index in [1.54, 1.807) is 0 Å². The molecule has 3 unspecified atom stereocenters. The fourth-order valence-corrected chi connectivity index (χ4v) is 9.36. The number of esters is 1. The Morgan fingerprint density at radius 2 is 1.17 bits per heavy atom. The number of rotatable bonds is 16. The van der Waals surface area contributed by atoms with Crippen LogP contribution in [0, 0.1) is 11.8 Å². The van der Waals surface area contributed by atoms with E-state index in [1.165, 1.54) is 16.7 Å². The van der Waals surface area contributed by atoms with Crippen LogP contribution in [-0.2, 0) is 19.1 Å². The smallest absolute Gasteiger partial charge is 0.323 e. The van der Waals surface area contributed by atoms with E-state index in [9.17, 15) is 9.59 Å². The van der Waals surface area contributed by atoms with Gasteiger partial charge in [-0.2, -0.15) is 0 Å². The molecule has 0 saturated heterocycles. The summed E-state index contributed by atoms with van der Waals surface area (Å²) in [4.78, 5) is 26.7. The zero-order chi connectivity index (χ0) is 36.2. The van der Waals surface area contributed by atoms with E-state index in [1.807, 2.05) is 60.7 Å². The monoisotopic (exact) mass is 710 g/mol. The predicted octanol–water partition coefficient (Wildman–Crippen LogP) is 9.33. The van der Waals surface area contributed by atoms with Crippen LogP contribution in [0.1, 0.15) is 73.4 Å². The van der Waals surface area contributed by atoms with Gasteiger partial charge in [0, 0.05) is 5.25 Å². The summed E-state index contributed by atoms with van der Waals surface area (Å²) >= 11 is 2.06. The molecule has 5 aromatic carbocycles. The quantitative estimate of drug-likeness (QED) is 0.0790. The summed E-state index contributed by atoms with van der Waals surface area (Å²) in [6.45, 7) is 4.56. The second kappa shape index (κ2) is 18.2. The van der Waals surface area contributed by atoms with Gasteiger partial charge in [-0.1, -0.05) is 172 Å². The summed E-state index contributed by atoms with van der Waals surface area (Å²) in [5, 5.41) is 7.11. The van der Waals surface area contributed by atoms with Crippen molar-refractivity contribution in [3.63, 3.8) is 0 Å². The predicted molar refractivity (Wildman–Crippen MR) is 213 cm³/mol. The highest BCUT2D eigenvalue weighted by Gasteiger charge is 2.41. The molecular formula is C46H50N2O3S. The Hall–Kier alpha value is -4.65. The van der Waals surface area contributed by atoms with Crippen molar-refractivity contribution in [1.82, 2.24) is 10.6 Å². The molecule has 5 nitrogen and oxygen atoms in total. The van der Waals surface area contributed by atoms with E-state index >= 15 is 0 Å². The number of nitrogens with one attached hydrogen (secondary N) is 2. The normalized spacial score (nSPS) is 17.0. The van der Waals surface area contributed by atoms with Crippen molar-refractivity contribution in [3.8, 4) is 0 Å². The minimum absolute atomic E-state index is 0.0606. The number of thioether (sulfide) groups is 1. The van der Waals surface area contributed by atoms with Gasteiger partial charge in [-0.05, 0) is 65.5 Å². The molecule has 6 rings (SSSR count). The molecule has 0 bridgehead atoms. The largest absolute Gasteiger partial charge is 0.454 e. The van der Waals surface area contributed by atoms with Gasteiger partial charge in [0.2, 0.25) is 0 Å². The van der Waals surface area contributed by atoms with Crippen LogP contribution >= 0.6 is 11.8 Å². The number of carbonyl (C=O) groups excluding carboxylic acids is 2. The molecule has 2 N–H and O–H groups in total. The van der Waals surface area contributed by atoms with Crippen LogP contribution in [-0.4, -0.2) is 36.3 Å². The van der Waals surface area contributed by atoms with Crippen molar-refractivity contribution < 1.29 is 14.3 Å². The van der Waals surface area contributed by atoms with Crippen LogP contribution in [0.15, 0.2) is 152 Å². The molecule has 0 aromatic heterocycles. The molecule has 0 heterocycles. The van der Waals surface area contributed by atoms with E-state index in [0.717, 1.165) is 43.4 Å². The molecule has 1 aliphatic carbocycles. The molecule has 268 valence electrons. The molecule has 6 heteroatoms. The molecule has 52 heavy (non-hydrogen) atoms. The van der Waals surface area contributed by atoms with Gasteiger partial charge >= 0.3 is 5.97 Å². The van der Waals surface area contributed by atoms with Gasteiger partial charge in [-0.15, -0.1) is 11.8 Å². The van der Waals surface area contributed by atoms with Crippen LogP contribution in [0.3, 0.4) is 0 Å². The van der Waals surface area contributed by atoms with Crippen molar-refractivity contribution in [3.05, 3.63) is 179 Å². The van der Waals surface area contributed by atoms with E-state index < -0.39 is 6.04 Å². The lowest BCUT2D eigenvalue weighted by Crippen LogP contribution is -2.45. The first-order chi connectivity index (χ1) is 25.5. The molecule has 1 amide bonds. The van der Waals surface area contributed by atoms with Crippen LogP contribution < -0.4 is 10.6 Å². The Labute approximate surface area is 313 Å². The Balaban J connectivity index is 1.10. The SMILES string of the molecule is CCC(C)[C@H](NCC1CCC(SC(c2ccccc2)(c2ccccc2)c2ccccc2)C1)C(=O)OCC(=O)NC(c1ccccc1)c1ccccc1. The number of hydrogen-bond donors (Lipinski definition) is 2. The zero-order valence-electron chi connectivity index (χ0n) is 30.2. The molecule has 0 radical (unpaired) electrons. The summed E-state index contributed by atoms with van der Waals surface area (Å²) in [6, 6.07) is 51.5. The third-order valence-electron chi connectivity index (χ3n) is 10.4. The molecule has 4 atom stereocenters. The zero-order valence-corrected chi connectivity index (χ0v) is 31.0. The lowest BCUT2D eigenvalue weighted by molar-refractivity contribution is -0.152. The Bertz CT molecular complexity index is 1690. The summed E-state index contributed by atoms with van der Waals surface area (Å²) in [6.07, 6.45) is 4.06. The Kier molecular flexibility index (Phi) is 13.0. The maximum atomic E-state index is 13.5. The number of ether oxygens (including phenoxy) is 1. The number of benzene rings is 5. The minimum Gasteiger partial charge on any atom is -0.454 e. The first-order valence-corrected chi connectivity index (χ1v) is 19.5. The minimum atomic E-state index is -0.486. The average molecular weight is 711 g/mol. The maximum Gasteiger partial charge on any atom is 0.323 e. The summed E-state index contributed by atoms with van der Waals surface area (Å²) in [7, 11) is 0. The van der Waals surface area contributed by atoms with E-state index in [0.29, 0.717) is 11.2 Å². The number of hydrogen-bond acceptors (Lipinski definition) is 5. The second-order valence-electron chi connectivity index (χ2n) is 13.9. The second-order valence-corrected chi connectivity index (χ2v) is 15.4. The van der Waals surface area contributed by atoms with Crippen molar-refractivity contribution in [2.45, 2.75) is 61.6 Å². The van der Waals surface area contributed by atoms with E-state index in [-0.39, 0.29) is 35.2 Å². The van der Waals surface area contributed by atoms with Crippen LogP contribution in [0.2, 0.25) is 0 Å². The van der Waals surface area contributed by atoms with Gasteiger partial charge in [-0.3, -0.25) is 9.59 Å². The molecule has 1 fully saturated rings. The Morgan fingerprint density at radius 1 is 0.712 bits per heavy atom. The van der Waals surface area contributed by atoms with E-state index in [2.05, 4.69) is 127 Å². The maximum absolute atomic E-state index is 13.5. The van der Waals surface area contributed by atoms with Crippen molar-refractivity contribution in [2.75, 3.05) is 13.2 Å². The van der Waals surface area contributed by atoms with Gasteiger partial charge in [0.25, 0.3) is 5.91 Å². The molecule has 1 saturated carbocycles. The first kappa shape index (κ1) is 37.1. The fraction of sp³-hybridized carbons (Fsp3) is 0.304. The number of amides is 1. The van der Waals surface area contributed by atoms with Gasteiger partial charge in [0.15, 0.2) is 6.61 Å². The summed E-state index contributed by atoms with van der Waals surface area (Å²) in [5.74, 6) is -0.216. The van der Waals surface area contributed by atoms with Crippen molar-refractivity contribution in [2.24, 2.45) is 11.8 Å². The standard InChI is InChI=1S/C46H50N2O3S/c1-3-34(2)43(45(50)51-33-42(49)48-44(36-19-9-4-10-20-36)37-21-11-5-12-22-37)47-32-35-29-30-41(31-35)52-46(38-23-13-6-14-24-38,39-25-15-7-16-26-39)40-27-17-8-18-28-40/h4-28,34-35,41,43-44,47H,3,29-33H2,1-2H3,(H,48,49)/t34?,35?,41?,43-/m0/s1. The highest BCUT2D eigenvalue weighted by atomic mass is 32.2. The molecular weight excluding hydrogens is 661 g/mol. The van der Waals surface area contributed by atoms with Crippen molar-refractivity contribution >= 4 is 23.6 Å². The van der Waals surface area contributed by atoms with Crippen molar-refractivity contribution in [1.29, 1.82) is 0 Å². The molecule has 0 spiro atoms. The lowest BCUT2D eigenvalue weighted by atomic mass is 9.84. The van der Waals surface area contributed by atoms with Gasteiger partial charge < -0.3 is 15.4 Å². The fourth-order valence-electron chi connectivity index (χ4n) is 7.42. The van der Waals surface area contributed by atoms with Gasteiger partial charge in [0.05, 0.1) is 10.8 Å². The summed E-state index contributed by atoms with van der Waals surface area (Å²) < 4.78 is 5.35. The first-order valence-electron chi connectivity index (χ1n) is 18.6. The number of carbonyl (C=O) groups is 2. The lowest BCUT2D eigenvalue weighted by Gasteiger charge is -2.37. The van der Waals surface area contributed by atoms with Gasteiger partial charge in [0.1, 0.15) is 6.04 Å². The average Bonchev–Trinajstić information content (AvgIpc) is 3.66. The highest BCUT2D eigenvalue weighted by Crippen LogP contribution is 2.53. The highest BCUT2D eigenvalue weighted by molar-refractivity contribution is 8.01. The molecule has 0 aliphatic heterocycles. The van der Waals surface area contributed by atoms with Crippen LogP contribution in [0.5, 0.6) is 0 Å². The van der Waals surface area contributed by atoms with Crippen LogP contribution in [0.4, 0.5) is 0 Å². The molecule has 5 aromatic rings. The third-order valence-corrected chi connectivity index (χ3v) is 12.2. The van der Waals surface area contributed by atoms with Crippen LogP contribution in [0.25, 0.3) is 0 Å². The Morgan fingerprint density at radius 3 is 1.63 bits per heavy atom. The third kappa shape index (κ3) is 9.04. The van der Waals surface area contributed by atoms with Gasteiger partial charge in [-0.25, -0.2) is 0 Å². The topological polar surface area (TPSA) is 67.4 Å². The summed E-state index contributed by atoms with van der Waals surface area (Å²) in [5.41, 5.74) is 5.77.